The summed E-state index contributed by atoms with van der Waals surface area (Å²) in [6.45, 7) is 0.634. The molecule has 15 heteroatoms. The fourth-order valence-electron chi connectivity index (χ4n) is 3.28. The number of aromatic nitrogens is 4. The minimum absolute atomic E-state index is 0.0173. The van der Waals surface area contributed by atoms with Crippen LogP contribution in [0.25, 0.3) is 11.2 Å². The average Bonchev–Trinajstić information content (AvgIpc) is 3.23. The van der Waals surface area contributed by atoms with Crippen molar-refractivity contribution in [1.82, 2.24) is 24.2 Å². The molecule has 2 aliphatic heterocycles. The predicted octanol–water partition coefficient (Wildman–Crippen LogP) is -2.23. The topological polar surface area (TPSA) is 198 Å². The van der Waals surface area contributed by atoms with Crippen LogP contribution in [0.2, 0.25) is 0 Å². The van der Waals surface area contributed by atoms with Crippen LogP contribution < -0.4 is 11.3 Å². The zero-order valence-electron chi connectivity index (χ0n) is 15.1. The molecule has 0 bridgehead atoms. The number of nitrogen functional groups attached to an aromatic ring is 1. The standard InChI is InChI=1S/C14H21N6O8P/c15-14-17-11-8(12(23)18-14)16-6-20(11)13-10(22)9(21)7(28-13)5-27-29(24,25)19-1-3-26-4-2-19/h6-7,9-10,13,21-22H,1-5H2,(H,24,25)(H3,15,17,18,23). The molecule has 2 fully saturated rings. The van der Waals surface area contributed by atoms with E-state index in [1.807, 2.05) is 0 Å². The number of nitrogens with two attached hydrogens (primary N) is 1. The first-order valence-electron chi connectivity index (χ1n) is 8.82. The Kier molecular flexibility index (Phi) is 5.44. The number of imidazole rings is 1. The number of fused-ring (bicyclic) bond motifs is 1. The van der Waals surface area contributed by atoms with E-state index in [4.69, 9.17) is 19.7 Å². The number of aliphatic hydroxyl groups excluding tert-OH is 2. The van der Waals surface area contributed by atoms with Crippen LogP contribution >= 0.6 is 7.75 Å². The van der Waals surface area contributed by atoms with Gasteiger partial charge in [0.1, 0.15) is 18.3 Å². The molecule has 6 N–H and O–H groups in total. The van der Waals surface area contributed by atoms with Crippen molar-refractivity contribution >= 4 is 24.9 Å². The van der Waals surface area contributed by atoms with E-state index in [2.05, 4.69) is 15.0 Å². The van der Waals surface area contributed by atoms with Crippen molar-refractivity contribution in [2.75, 3.05) is 38.6 Å². The molecule has 0 radical (unpaired) electrons. The van der Waals surface area contributed by atoms with Crippen molar-refractivity contribution in [2.45, 2.75) is 24.5 Å². The Morgan fingerprint density at radius 2 is 2.07 bits per heavy atom. The second-order valence-corrected chi connectivity index (χ2v) is 8.48. The van der Waals surface area contributed by atoms with Crippen LogP contribution in [-0.2, 0) is 18.6 Å². The van der Waals surface area contributed by atoms with Crippen LogP contribution in [0.1, 0.15) is 6.23 Å². The van der Waals surface area contributed by atoms with E-state index in [-0.39, 0.29) is 30.2 Å². The molecule has 14 nitrogen and oxygen atoms in total. The van der Waals surface area contributed by atoms with Gasteiger partial charge in [-0.25, -0.2) is 14.2 Å². The van der Waals surface area contributed by atoms with Crippen molar-refractivity contribution < 1.29 is 33.7 Å². The summed E-state index contributed by atoms with van der Waals surface area (Å²) in [5.41, 5.74) is 5.03. The van der Waals surface area contributed by atoms with Crippen molar-refractivity contribution in [3.63, 3.8) is 0 Å². The van der Waals surface area contributed by atoms with Crippen LogP contribution in [0.3, 0.4) is 0 Å². The largest absolute Gasteiger partial charge is 0.405 e. The molecule has 2 saturated heterocycles. The summed E-state index contributed by atoms with van der Waals surface area (Å²) in [7, 11) is -4.11. The molecule has 5 unspecified atom stereocenters. The minimum atomic E-state index is -4.11. The van der Waals surface area contributed by atoms with Crippen molar-refractivity contribution in [3.8, 4) is 0 Å². The molecule has 0 saturated carbocycles. The minimum Gasteiger partial charge on any atom is -0.387 e. The molecule has 4 rings (SSSR count). The Balaban J connectivity index is 1.50. The van der Waals surface area contributed by atoms with Gasteiger partial charge in [0.15, 0.2) is 17.4 Å². The zero-order chi connectivity index (χ0) is 20.8. The van der Waals surface area contributed by atoms with E-state index in [9.17, 15) is 24.5 Å². The SMILES string of the molecule is Nc1nc2c(ncn2C2OC(COP(=O)(O)N3CCOCC3)C(O)C2O)c(=O)[nH]1. The molecule has 2 aliphatic rings. The van der Waals surface area contributed by atoms with Gasteiger partial charge in [0.2, 0.25) is 5.95 Å². The van der Waals surface area contributed by atoms with Crippen LogP contribution in [0.15, 0.2) is 11.1 Å². The first kappa shape index (κ1) is 20.4. The monoisotopic (exact) mass is 432 g/mol. The van der Waals surface area contributed by atoms with E-state index in [1.54, 1.807) is 0 Å². The number of anilines is 1. The number of ether oxygens (including phenoxy) is 2. The van der Waals surface area contributed by atoms with Gasteiger partial charge in [-0.15, -0.1) is 0 Å². The van der Waals surface area contributed by atoms with E-state index >= 15 is 0 Å². The number of hydrogen-bond donors (Lipinski definition) is 5. The molecule has 0 aliphatic carbocycles. The van der Waals surface area contributed by atoms with Gasteiger partial charge in [-0.3, -0.25) is 18.9 Å². The number of morpholine rings is 1. The van der Waals surface area contributed by atoms with E-state index in [1.165, 1.54) is 15.6 Å². The zero-order valence-corrected chi connectivity index (χ0v) is 16.0. The maximum atomic E-state index is 12.4. The quantitative estimate of drug-likeness (QED) is 0.319. The van der Waals surface area contributed by atoms with Gasteiger partial charge in [0, 0.05) is 13.1 Å². The van der Waals surface area contributed by atoms with E-state index in [0.29, 0.717) is 13.2 Å². The fourth-order valence-corrected chi connectivity index (χ4v) is 4.46. The highest BCUT2D eigenvalue weighted by Crippen LogP contribution is 2.47. The lowest BCUT2D eigenvalue weighted by atomic mass is 10.1. The molecule has 29 heavy (non-hydrogen) atoms. The lowest BCUT2D eigenvalue weighted by Crippen LogP contribution is -2.36. The number of rotatable bonds is 5. The highest BCUT2D eigenvalue weighted by Gasteiger charge is 2.45. The van der Waals surface area contributed by atoms with Crippen LogP contribution in [0.5, 0.6) is 0 Å². The van der Waals surface area contributed by atoms with E-state index < -0.39 is 44.5 Å². The Morgan fingerprint density at radius 3 is 2.79 bits per heavy atom. The van der Waals surface area contributed by atoms with Gasteiger partial charge in [-0.2, -0.15) is 4.98 Å². The summed E-state index contributed by atoms with van der Waals surface area (Å²) < 4.78 is 30.8. The Bertz CT molecular complexity index is 990. The summed E-state index contributed by atoms with van der Waals surface area (Å²) in [4.78, 5) is 32.3. The summed E-state index contributed by atoms with van der Waals surface area (Å²) in [6, 6.07) is 0. The lowest BCUT2D eigenvalue weighted by Gasteiger charge is -2.30. The van der Waals surface area contributed by atoms with Gasteiger partial charge in [-0.1, -0.05) is 0 Å². The third-order valence-electron chi connectivity index (χ3n) is 4.81. The van der Waals surface area contributed by atoms with Crippen LogP contribution in [-0.4, -0.2) is 90.5 Å². The lowest BCUT2D eigenvalue weighted by molar-refractivity contribution is -0.0507. The number of nitrogens with one attached hydrogen (secondary N) is 1. The second kappa shape index (κ2) is 7.74. The smallest absolute Gasteiger partial charge is 0.387 e. The molecule has 2 aromatic heterocycles. The van der Waals surface area contributed by atoms with Crippen molar-refractivity contribution in [3.05, 3.63) is 16.7 Å². The molecule has 0 spiro atoms. The first-order chi connectivity index (χ1) is 13.8. The number of nitrogens with zero attached hydrogens (tertiary/aromatic N) is 4. The second-order valence-electron chi connectivity index (χ2n) is 6.67. The van der Waals surface area contributed by atoms with Gasteiger partial charge in [0.25, 0.3) is 5.56 Å². The highest BCUT2D eigenvalue weighted by atomic mass is 31.2. The Hall–Kier alpha value is -1.90. The summed E-state index contributed by atoms with van der Waals surface area (Å²) in [5, 5.41) is 20.7. The Morgan fingerprint density at radius 1 is 1.34 bits per heavy atom. The van der Waals surface area contributed by atoms with Gasteiger partial charge in [0.05, 0.1) is 26.1 Å². The molecule has 4 heterocycles. The Labute approximate surface area is 163 Å². The number of aromatic amines is 1. The molecule has 0 aromatic carbocycles. The first-order valence-corrected chi connectivity index (χ1v) is 10.4. The molecule has 160 valence electrons. The third-order valence-corrected chi connectivity index (χ3v) is 6.41. The van der Waals surface area contributed by atoms with E-state index in [0.717, 1.165) is 0 Å². The number of aliphatic hydroxyl groups is 2. The molecule has 2 aromatic rings. The maximum absolute atomic E-state index is 12.4. The molecule has 0 amide bonds. The van der Waals surface area contributed by atoms with Crippen LogP contribution in [0, 0.1) is 0 Å². The van der Waals surface area contributed by atoms with Gasteiger partial charge >= 0.3 is 7.75 Å². The summed E-state index contributed by atoms with van der Waals surface area (Å²) in [6.07, 6.45) is -3.88. The van der Waals surface area contributed by atoms with Crippen molar-refractivity contribution in [2.24, 2.45) is 0 Å². The average molecular weight is 432 g/mol. The predicted molar refractivity (Wildman–Crippen MR) is 96.7 cm³/mol. The molecular weight excluding hydrogens is 411 g/mol. The number of H-pyrrole nitrogens is 1. The molecular formula is C14H21N6O8P. The normalized spacial score (nSPS) is 30.6. The highest BCUT2D eigenvalue weighted by molar-refractivity contribution is 7.50. The summed E-state index contributed by atoms with van der Waals surface area (Å²) in [5.74, 6) is -0.149. The van der Waals surface area contributed by atoms with Crippen molar-refractivity contribution in [1.29, 1.82) is 0 Å². The van der Waals surface area contributed by atoms with Gasteiger partial charge in [-0.05, 0) is 0 Å². The molecule has 5 atom stereocenters. The van der Waals surface area contributed by atoms with Gasteiger partial charge < -0.3 is 30.3 Å². The number of hydrogen-bond acceptors (Lipinski definition) is 10. The fraction of sp³-hybridized carbons (Fsp3) is 0.643. The summed E-state index contributed by atoms with van der Waals surface area (Å²) >= 11 is 0. The third kappa shape index (κ3) is 3.81. The van der Waals surface area contributed by atoms with Crippen LogP contribution in [0.4, 0.5) is 5.95 Å². The maximum Gasteiger partial charge on any atom is 0.405 e.